The Bertz CT molecular complexity index is 456. The van der Waals surface area contributed by atoms with Gasteiger partial charge < -0.3 is 5.32 Å². The zero-order valence-electron chi connectivity index (χ0n) is 10.1. The van der Waals surface area contributed by atoms with Crippen LogP contribution in [0.4, 0.5) is 5.69 Å². The molecule has 1 aliphatic rings. The van der Waals surface area contributed by atoms with Gasteiger partial charge in [0.2, 0.25) is 5.91 Å². The van der Waals surface area contributed by atoms with Crippen molar-refractivity contribution in [2.45, 2.75) is 31.9 Å². The summed E-state index contributed by atoms with van der Waals surface area (Å²) >= 11 is 1.54. The third-order valence-corrected chi connectivity index (χ3v) is 3.82. The largest absolute Gasteiger partial charge is 0.304 e. The Kier molecular flexibility index (Phi) is 3.84. The predicted octanol–water partition coefficient (Wildman–Crippen LogP) is 3.01. The van der Waals surface area contributed by atoms with Gasteiger partial charge in [-0.15, -0.1) is 0 Å². The Hall–Kier alpha value is -1.29. The van der Waals surface area contributed by atoms with E-state index >= 15 is 0 Å². The van der Waals surface area contributed by atoms with Crippen LogP contribution < -0.4 is 5.32 Å². The first kappa shape index (κ1) is 12.2. The summed E-state index contributed by atoms with van der Waals surface area (Å²) in [6.45, 7) is 4.11. The Balaban J connectivity index is 2.15. The molecule has 1 saturated heterocycles. The van der Waals surface area contributed by atoms with Crippen LogP contribution in [0.15, 0.2) is 29.3 Å². The van der Waals surface area contributed by atoms with Crippen molar-refractivity contribution in [2.24, 2.45) is 4.99 Å². The highest BCUT2D eigenvalue weighted by Gasteiger charge is 2.29. The summed E-state index contributed by atoms with van der Waals surface area (Å²) in [5, 5.41) is 3.59. The number of amides is 1. The van der Waals surface area contributed by atoms with Crippen LogP contribution in [0.5, 0.6) is 0 Å². The van der Waals surface area contributed by atoms with Gasteiger partial charge in [-0.25, -0.2) is 4.99 Å². The lowest BCUT2D eigenvalue weighted by atomic mass is 10.2. The second-order valence-corrected chi connectivity index (χ2v) is 5.28. The van der Waals surface area contributed by atoms with Gasteiger partial charge in [-0.05, 0) is 25.0 Å². The van der Waals surface area contributed by atoms with Gasteiger partial charge in [0.15, 0.2) is 5.17 Å². The van der Waals surface area contributed by atoms with Gasteiger partial charge in [0.05, 0.1) is 10.9 Å². The fourth-order valence-corrected chi connectivity index (χ4v) is 2.81. The number of nitrogens with zero attached hydrogens (tertiary/aromatic N) is 1. The molecule has 1 aliphatic heterocycles. The number of benzene rings is 1. The maximum atomic E-state index is 11.6. The van der Waals surface area contributed by atoms with Crippen molar-refractivity contribution in [3.63, 3.8) is 0 Å². The standard InChI is InChI=1S/C13H16N2OS/c1-3-6-11-12(16)15-13(17-11)14-10-8-5-4-7-9(10)2/h4-5,7-8,11H,3,6H2,1-2H3,(H,14,15,16). The Morgan fingerprint density at radius 2 is 2.18 bits per heavy atom. The molecular weight excluding hydrogens is 232 g/mol. The summed E-state index contributed by atoms with van der Waals surface area (Å²) in [5.41, 5.74) is 2.04. The van der Waals surface area contributed by atoms with Crippen LogP contribution in [-0.2, 0) is 4.79 Å². The minimum atomic E-state index is 0.0303. The van der Waals surface area contributed by atoms with E-state index in [9.17, 15) is 4.79 Å². The highest BCUT2D eigenvalue weighted by Crippen LogP contribution is 2.26. The predicted molar refractivity (Wildman–Crippen MR) is 72.7 cm³/mol. The first-order chi connectivity index (χ1) is 8.20. The molecule has 2 rings (SSSR count). The molecule has 1 fully saturated rings. The SMILES string of the molecule is CCCC1SC(=Nc2ccccc2C)NC1=O. The molecule has 3 nitrogen and oxygen atoms in total. The highest BCUT2D eigenvalue weighted by atomic mass is 32.2. The zero-order valence-corrected chi connectivity index (χ0v) is 10.9. The van der Waals surface area contributed by atoms with E-state index < -0.39 is 0 Å². The molecule has 1 atom stereocenters. The van der Waals surface area contributed by atoms with Crippen LogP contribution in [-0.4, -0.2) is 16.3 Å². The number of rotatable bonds is 3. The van der Waals surface area contributed by atoms with Crippen molar-refractivity contribution in [2.75, 3.05) is 0 Å². The molecule has 1 aromatic rings. The van der Waals surface area contributed by atoms with Gasteiger partial charge in [-0.2, -0.15) is 0 Å². The quantitative estimate of drug-likeness (QED) is 0.893. The average molecular weight is 248 g/mol. The minimum absolute atomic E-state index is 0.0303. The molecule has 1 aromatic carbocycles. The summed E-state index contributed by atoms with van der Waals surface area (Å²) < 4.78 is 0. The zero-order chi connectivity index (χ0) is 12.3. The maximum absolute atomic E-state index is 11.6. The van der Waals surface area contributed by atoms with Gasteiger partial charge in [0, 0.05) is 0 Å². The molecule has 1 unspecified atom stereocenters. The normalized spacial score (nSPS) is 21.9. The van der Waals surface area contributed by atoms with Gasteiger partial charge in [0.1, 0.15) is 0 Å². The maximum Gasteiger partial charge on any atom is 0.239 e. The highest BCUT2D eigenvalue weighted by molar-refractivity contribution is 8.15. The molecule has 1 amide bonds. The third-order valence-electron chi connectivity index (χ3n) is 2.66. The van der Waals surface area contributed by atoms with Gasteiger partial charge in [0.25, 0.3) is 0 Å². The molecule has 0 aliphatic carbocycles. The lowest BCUT2D eigenvalue weighted by Gasteiger charge is -2.01. The fourth-order valence-electron chi connectivity index (χ4n) is 1.71. The van der Waals surface area contributed by atoms with Gasteiger partial charge in [-0.1, -0.05) is 43.3 Å². The van der Waals surface area contributed by atoms with Crippen molar-refractivity contribution >= 4 is 28.5 Å². The van der Waals surface area contributed by atoms with Crippen LogP contribution in [0.25, 0.3) is 0 Å². The van der Waals surface area contributed by atoms with E-state index in [1.54, 1.807) is 0 Å². The topological polar surface area (TPSA) is 41.5 Å². The fraction of sp³-hybridized carbons (Fsp3) is 0.385. The number of carbonyl (C=O) groups excluding carboxylic acids is 1. The first-order valence-corrected chi connectivity index (χ1v) is 6.70. The van der Waals surface area contributed by atoms with E-state index in [4.69, 9.17) is 0 Å². The van der Waals surface area contributed by atoms with E-state index in [-0.39, 0.29) is 11.2 Å². The van der Waals surface area contributed by atoms with E-state index in [1.165, 1.54) is 11.8 Å². The van der Waals surface area contributed by atoms with Gasteiger partial charge in [-0.3, -0.25) is 4.79 Å². The number of hydrogen-bond acceptors (Lipinski definition) is 3. The van der Waals surface area contributed by atoms with Crippen LogP contribution >= 0.6 is 11.8 Å². The van der Waals surface area contributed by atoms with Crippen molar-refractivity contribution in [3.05, 3.63) is 29.8 Å². The summed E-state index contributed by atoms with van der Waals surface area (Å²) in [6.07, 6.45) is 1.92. The van der Waals surface area contributed by atoms with Crippen LogP contribution in [0.2, 0.25) is 0 Å². The molecular formula is C13H16N2OS. The third kappa shape index (κ3) is 2.88. The molecule has 0 bridgehead atoms. The van der Waals surface area contributed by atoms with Crippen molar-refractivity contribution < 1.29 is 4.79 Å². The summed E-state index contributed by atoms with van der Waals surface area (Å²) in [6, 6.07) is 7.92. The van der Waals surface area contributed by atoms with Crippen LogP contribution in [0.3, 0.4) is 0 Å². The lowest BCUT2D eigenvalue weighted by molar-refractivity contribution is -0.118. The Morgan fingerprint density at radius 1 is 1.41 bits per heavy atom. The van der Waals surface area contributed by atoms with Gasteiger partial charge >= 0.3 is 0 Å². The summed E-state index contributed by atoms with van der Waals surface area (Å²) in [7, 11) is 0. The molecule has 0 aromatic heterocycles. The van der Waals surface area contributed by atoms with E-state index in [0.717, 1.165) is 29.3 Å². The number of para-hydroxylation sites is 1. The second-order valence-electron chi connectivity index (χ2n) is 4.09. The number of aliphatic imine (C=N–C) groups is 1. The lowest BCUT2D eigenvalue weighted by Crippen LogP contribution is -2.24. The van der Waals surface area contributed by atoms with Crippen molar-refractivity contribution in [3.8, 4) is 0 Å². The number of carbonyl (C=O) groups is 1. The molecule has 90 valence electrons. The summed E-state index contributed by atoms with van der Waals surface area (Å²) in [5.74, 6) is 0.0872. The minimum Gasteiger partial charge on any atom is -0.304 e. The van der Waals surface area contributed by atoms with E-state index in [2.05, 4.69) is 17.2 Å². The molecule has 1 heterocycles. The van der Waals surface area contributed by atoms with Crippen molar-refractivity contribution in [1.82, 2.24) is 5.32 Å². The molecule has 0 saturated carbocycles. The molecule has 0 spiro atoms. The molecule has 4 heteroatoms. The first-order valence-electron chi connectivity index (χ1n) is 5.82. The van der Waals surface area contributed by atoms with E-state index in [1.807, 2.05) is 31.2 Å². The number of amidine groups is 1. The molecule has 0 radical (unpaired) electrons. The smallest absolute Gasteiger partial charge is 0.239 e. The second kappa shape index (κ2) is 5.36. The Labute approximate surface area is 106 Å². The number of aryl methyl sites for hydroxylation is 1. The number of hydrogen-bond donors (Lipinski definition) is 1. The number of nitrogens with one attached hydrogen (secondary N) is 1. The average Bonchev–Trinajstić information content (AvgIpc) is 2.63. The monoisotopic (exact) mass is 248 g/mol. The van der Waals surface area contributed by atoms with Crippen LogP contribution in [0, 0.1) is 6.92 Å². The summed E-state index contributed by atoms with van der Waals surface area (Å²) in [4.78, 5) is 16.1. The van der Waals surface area contributed by atoms with Crippen LogP contribution in [0.1, 0.15) is 25.3 Å². The Morgan fingerprint density at radius 3 is 2.88 bits per heavy atom. The van der Waals surface area contributed by atoms with E-state index in [0.29, 0.717) is 0 Å². The van der Waals surface area contributed by atoms with Crippen molar-refractivity contribution in [1.29, 1.82) is 0 Å². The molecule has 17 heavy (non-hydrogen) atoms. The molecule has 1 N–H and O–H groups in total. The number of thioether (sulfide) groups is 1.